The van der Waals surface area contributed by atoms with Gasteiger partial charge in [0.2, 0.25) is 5.89 Å². The first kappa shape index (κ1) is 18.7. The van der Waals surface area contributed by atoms with Gasteiger partial charge in [0.25, 0.3) is 5.56 Å². The van der Waals surface area contributed by atoms with Crippen LogP contribution in [0.15, 0.2) is 40.2 Å². The Hall–Kier alpha value is -4.00. The molecule has 0 radical (unpaired) electrons. The number of fused-ring (bicyclic) bond motifs is 2. The topological polar surface area (TPSA) is 119 Å². The van der Waals surface area contributed by atoms with E-state index in [0.29, 0.717) is 40.3 Å². The summed E-state index contributed by atoms with van der Waals surface area (Å²) in [4.78, 5) is 27.9. The molecule has 10 nitrogen and oxygen atoms in total. The summed E-state index contributed by atoms with van der Waals surface area (Å²) >= 11 is 0. The lowest BCUT2D eigenvalue weighted by atomic mass is 10.1. The first-order chi connectivity index (χ1) is 15.5. The van der Waals surface area contributed by atoms with Crippen LogP contribution in [0.4, 0.5) is 5.69 Å². The number of nitriles is 1. The van der Waals surface area contributed by atoms with E-state index in [4.69, 9.17) is 4.52 Å². The SMILES string of the molecule is Cc1cc(C#N)cc(N2C[C@@H]3C(c4noc(Cn5cnc6ncn(C)c6c5=O)n4)[C@@H]3C2)c1. The molecular formula is C22H20N8O2. The molecule has 2 fully saturated rings. The zero-order valence-corrected chi connectivity index (χ0v) is 17.6. The van der Waals surface area contributed by atoms with Gasteiger partial charge in [-0.05, 0) is 42.5 Å². The Kier molecular flexibility index (Phi) is 3.95. The van der Waals surface area contributed by atoms with Gasteiger partial charge in [-0.15, -0.1) is 0 Å². The van der Waals surface area contributed by atoms with Gasteiger partial charge in [0.05, 0.1) is 18.0 Å². The fraction of sp³-hybridized carbons (Fsp3) is 0.364. The molecule has 4 heterocycles. The Morgan fingerprint density at radius 1 is 1.19 bits per heavy atom. The van der Waals surface area contributed by atoms with Gasteiger partial charge in [0.15, 0.2) is 17.0 Å². The van der Waals surface area contributed by atoms with Crippen molar-refractivity contribution in [3.63, 3.8) is 0 Å². The van der Waals surface area contributed by atoms with Gasteiger partial charge < -0.3 is 14.0 Å². The third-order valence-electron chi connectivity index (χ3n) is 6.54. The molecule has 1 unspecified atom stereocenters. The minimum absolute atomic E-state index is 0.175. The van der Waals surface area contributed by atoms with Crippen molar-refractivity contribution >= 4 is 16.9 Å². The summed E-state index contributed by atoms with van der Waals surface area (Å²) in [6, 6.07) is 8.21. The number of aryl methyl sites for hydroxylation is 2. The second kappa shape index (κ2) is 6.75. The molecular weight excluding hydrogens is 408 g/mol. The Morgan fingerprint density at radius 2 is 1.97 bits per heavy atom. The van der Waals surface area contributed by atoms with Gasteiger partial charge in [0.1, 0.15) is 12.9 Å². The summed E-state index contributed by atoms with van der Waals surface area (Å²) in [5.41, 5.74) is 3.55. The Bertz CT molecular complexity index is 1450. The Morgan fingerprint density at radius 3 is 2.75 bits per heavy atom. The highest BCUT2D eigenvalue weighted by molar-refractivity contribution is 5.68. The quantitative estimate of drug-likeness (QED) is 0.481. The molecule has 160 valence electrons. The van der Waals surface area contributed by atoms with E-state index >= 15 is 0 Å². The maximum atomic E-state index is 12.7. The number of benzene rings is 1. The van der Waals surface area contributed by atoms with Crippen LogP contribution in [0.25, 0.3) is 11.2 Å². The molecule has 0 amide bonds. The number of anilines is 1. The predicted octanol–water partition coefficient (Wildman–Crippen LogP) is 1.59. The lowest BCUT2D eigenvalue weighted by molar-refractivity contribution is 0.363. The standard InChI is InChI=1S/C22H20N8O2/c1-12-3-13(6-23)5-14(4-12)29-7-15-16(8-29)18(15)20-26-17(32-27-20)9-30-11-25-21-19(22(30)31)28(2)10-24-21/h3-5,10-11,15-16,18H,7-9H2,1-2H3/t15-,16+,18?. The van der Waals surface area contributed by atoms with Crippen LogP contribution < -0.4 is 10.5 Å². The zero-order valence-electron chi connectivity index (χ0n) is 17.6. The summed E-state index contributed by atoms with van der Waals surface area (Å²) in [7, 11) is 1.76. The number of piperidine rings is 1. The number of hydrogen-bond donors (Lipinski definition) is 0. The molecule has 32 heavy (non-hydrogen) atoms. The van der Waals surface area contributed by atoms with Crippen LogP contribution >= 0.6 is 0 Å². The average molecular weight is 428 g/mol. The van der Waals surface area contributed by atoms with E-state index in [9.17, 15) is 10.1 Å². The fourth-order valence-electron chi connectivity index (χ4n) is 4.93. The molecule has 1 aliphatic heterocycles. The number of imidazole rings is 1. The second-order valence-electron chi connectivity index (χ2n) is 8.68. The molecule has 1 saturated carbocycles. The Labute approximate surface area is 182 Å². The van der Waals surface area contributed by atoms with Gasteiger partial charge in [0, 0.05) is 31.7 Å². The maximum absolute atomic E-state index is 12.7. The molecule has 4 aromatic rings. The van der Waals surface area contributed by atoms with Gasteiger partial charge in [-0.1, -0.05) is 5.16 Å². The summed E-state index contributed by atoms with van der Waals surface area (Å²) in [6.45, 7) is 4.01. The highest BCUT2D eigenvalue weighted by Gasteiger charge is 2.58. The molecule has 1 aliphatic carbocycles. The minimum atomic E-state index is -0.191. The normalized spacial score (nSPS) is 21.7. The molecule has 10 heteroatoms. The first-order valence-electron chi connectivity index (χ1n) is 10.5. The van der Waals surface area contributed by atoms with E-state index < -0.39 is 0 Å². The highest BCUT2D eigenvalue weighted by Crippen LogP contribution is 2.58. The van der Waals surface area contributed by atoms with Crippen LogP contribution in [0.1, 0.15) is 28.8 Å². The first-order valence-corrected chi connectivity index (χ1v) is 10.5. The molecule has 0 spiro atoms. The smallest absolute Gasteiger partial charge is 0.280 e. The van der Waals surface area contributed by atoms with Crippen molar-refractivity contribution < 1.29 is 4.52 Å². The van der Waals surface area contributed by atoms with E-state index in [0.717, 1.165) is 24.3 Å². The summed E-state index contributed by atoms with van der Waals surface area (Å²) in [6.07, 6.45) is 3.03. The molecule has 0 bridgehead atoms. The number of nitrogens with zero attached hydrogens (tertiary/aromatic N) is 8. The van der Waals surface area contributed by atoms with Gasteiger partial charge >= 0.3 is 0 Å². The minimum Gasteiger partial charge on any atom is -0.371 e. The van der Waals surface area contributed by atoms with Crippen molar-refractivity contribution in [2.24, 2.45) is 18.9 Å². The monoisotopic (exact) mass is 428 g/mol. The number of aromatic nitrogens is 6. The van der Waals surface area contributed by atoms with Crippen molar-refractivity contribution in [2.45, 2.75) is 19.4 Å². The second-order valence-corrected chi connectivity index (χ2v) is 8.68. The van der Waals surface area contributed by atoms with E-state index in [1.165, 1.54) is 10.9 Å². The summed E-state index contributed by atoms with van der Waals surface area (Å²) in [5.74, 6) is 2.32. The molecule has 0 N–H and O–H groups in total. The zero-order chi connectivity index (χ0) is 22.0. The largest absolute Gasteiger partial charge is 0.371 e. The lowest BCUT2D eigenvalue weighted by Crippen LogP contribution is -2.24. The van der Waals surface area contributed by atoms with Crippen LogP contribution in [0, 0.1) is 30.1 Å². The van der Waals surface area contributed by atoms with Gasteiger partial charge in [-0.3, -0.25) is 9.36 Å². The van der Waals surface area contributed by atoms with Crippen molar-refractivity contribution in [2.75, 3.05) is 18.0 Å². The predicted molar refractivity (Wildman–Crippen MR) is 114 cm³/mol. The third kappa shape index (κ3) is 2.89. The van der Waals surface area contributed by atoms with E-state index in [-0.39, 0.29) is 18.0 Å². The molecule has 1 saturated heterocycles. The summed E-state index contributed by atoms with van der Waals surface area (Å²) in [5, 5.41) is 13.4. The third-order valence-corrected chi connectivity index (χ3v) is 6.54. The molecule has 3 atom stereocenters. The van der Waals surface area contributed by atoms with Crippen LogP contribution in [0.3, 0.4) is 0 Å². The fourth-order valence-corrected chi connectivity index (χ4v) is 4.93. The van der Waals surface area contributed by atoms with Crippen LogP contribution in [0.5, 0.6) is 0 Å². The highest BCUT2D eigenvalue weighted by atomic mass is 16.5. The van der Waals surface area contributed by atoms with Gasteiger partial charge in [-0.25, -0.2) is 9.97 Å². The molecule has 1 aromatic carbocycles. The molecule has 2 aliphatic rings. The number of hydrogen-bond acceptors (Lipinski definition) is 8. The van der Waals surface area contributed by atoms with E-state index in [1.807, 2.05) is 19.1 Å². The molecule has 6 rings (SSSR count). The van der Waals surface area contributed by atoms with Crippen molar-refractivity contribution in [3.8, 4) is 6.07 Å². The van der Waals surface area contributed by atoms with E-state index in [2.05, 4.69) is 37.1 Å². The lowest BCUT2D eigenvalue weighted by Gasteiger charge is -2.22. The van der Waals surface area contributed by atoms with Crippen molar-refractivity contribution in [3.05, 3.63) is 64.0 Å². The Balaban J connectivity index is 1.16. The van der Waals surface area contributed by atoms with Crippen LogP contribution in [-0.2, 0) is 13.6 Å². The summed E-state index contributed by atoms with van der Waals surface area (Å²) < 4.78 is 8.57. The van der Waals surface area contributed by atoms with Crippen LogP contribution in [0.2, 0.25) is 0 Å². The maximum Gasteiger partial charge on any atom is 0.280 e. The van der Waals surface area contributed by atoms with Crippen molar-refractivity contribution in [1.29, 1.82) is 5.26 Å². The number of rotatable bonds is 4. The average Bonchev–Trinajstić information content (AvgIpc) is 3.20. The van der Waals surface area contributed by atoms with Crippen LogP contribution in [-0.4, -0.2) is 42.3 Å². The van der Waals surface area contributed by atoms with Crippen molar-refractivity contribution in [1.82, 2.24) is 29.2 Å². The molecule has 3 aromatic heterocycles. The van der Waals surface area contributed by atoms with Gasteiger partial charge in [-0.2, -0.15) is 10.2 Å². The van der Waals surface area contributed by atoms with E-state index in [1.54, 1.807) is 17.9 Å².